The molecule has 0 spiro atoms. The lowest BCUT2D eigenvalue weighted by atomic mass is 10.2. The van der Waals surface area contributed by atoms with E-state index in [1.165, 1.54) is 0 Å². The van der Waals surface area contributed by atoms with Gasteiger partial charge in [-0.05, 0) is 26.8 Å². The fraction of sp³-hybridized carbons (Fsp3) is 0.455. The van der Waals surface area contributed by atoms with Crippen LogP contribution in [0.4, 0.5) is 4.79 Å². The van der Waals surface area contributed by atoms with Crippen molar-refractivity contribution in [3.63, 3.8) is 0 Å². The van der Waals surface area contributed by atoms with Crippen molar-refractivity contribution in [2.45, 2.75) is 32.9 Å². The van der Waals surface area contributed by atoms with Crippen LogP contribution in [0.25, 0.3) is 0 Å². The average Bonchev–Trinajstić information content (AvgIpc) is 2.59. The summed E-state index contributed by atoms with van der Waals surface area (Å²) in [5.74, 6) is 0. The lowest BCUT2D eigenvalue weighted by Gasteiger charge is -2.19. The van der Waals surface area contributed by atoms with E-state index in [0.717, 1.165) is 6.29 Å². The number of aromatic nitrogens is 1. The number of carbonyl (C=O) groups excluding carboxylic acids is 2. The Morgan fingerprint density at radius 3 is 2.81 bits per heavy atom. The van der Waals surface area contributed by atoms with Crippen LogP contribution in [0.15, 0.2) is 12.3 Å². The van der Waals surface area contributed by atoms with Gasteiger partial charge in [0.25, 0.3) is 0 Å². The Bertz CT molecular complexity index is 377. The van der Waals surface area contributed by atoms with Gasteiger partial charge in [-0.3, -0.25) is 4.79 Å². The van der Waals surface area contributed by atoms with E-state index >= 15 is 0 Å². The van der Waals surface area contributed by atoms with Gasteiger partial charge in [0.1, 0.15) is 5.60 Å². The van der Waals surface area contributed by atoms with Crippen LogP contribution in [0.2, 0.25) is 0 Å². The molecule has 5 nitrogen and oxygen atoms in total. The zero-order valence-electron chi connectivity index (χ0n) is 9.66. The molecule has 0 saturated heterocycles. The van der Waals surface area contributed by atoms with Gasteiger partial charge in [-0.25, -0.2) is 4.79 Å². The SMILES string of the molecule is CC(C)(C)OC(=O)NCc1[nH]ccc1C=O. The fourth-order valence-corrected chi connectivity index (χ4v) is 1.15. The first kappa shape index (κ1) is 12.3. The number of nitrogens with one attached hydrogen (secondary N) is 2. The van der Waals surface area contributed by atoms with Crippen molar-refractivity contribution in [3.8, 4) is 0 Å². The molecular weight excluding hydrogens is 208 g/mol. The van der Waals surface area contributed by atoms with E-state index in [0.29, 0.717) is 11.3 Å². The fourth-order valence-electron chi connectivity index (χ4n) is 1.15. The molecule has 1 rings (SSSR count). The van der Waals surface area contributed by atoms with E-state index in [1.807, 2.05) is 0 Å². The molecule has 1 aromatic rings. The molecule has 5 heteroatoms. The van der Waals surface area contributed by atoms with E-state index in [-0.39, 0.29) is 6.54 Å². The number of hydrogen-bond acceptors (Lipinski definition) is 3. The number of amides is 1. The molecular formula is C11H16N2O3. The van der Waals surface area contributed by atoms with E-state index < -0.39 is 11.7 Å². The number of hydrogen-bond donors (Lipinski definition) is 2. The number of ether oxygens (including phenoxy) is 1. The Hall–Kier alpha value is -1.78. The van der Waals surface area contributed by atoms with E-state index in [4.69, 9.17) is 4.74 Å². The minimum Gasteiger partial charge on any atom is -0.444 e. The highest BCUT2D eigenvalue weighted by Crippen LogP contribution is 2.07. The van der Waals surface area contributed by atoms with Crippen molar-refractivity contribution in [2.24, 2.45) is 0 Å². The third kappa shape index (κ3) is 3.76. The Kier molecular flexibility index (Phi) is 3.71. The predicted molar refractivity (Wildman–Crippen MR) is 59.3 cm³/mol. The predicted octanol–water partition coefficient (Wildman–Crippen LogP) is 1.85. The van der Waals surface area contributed by atoms with Gasteiger partial charge in [0.15, 0.2) is 6.29 Å². The van der Waals surface area contributed by atoms with Crippen LogP contribution < -0.4 is 5.32 Å². The van der Waals surface area contributed by atoms with Gasteiger partial charge < -0.3 is 15.0 Å². The second-order valence-corrected chi connectivity index (χ2v) is 4.38. The van der Waals surface area contributed by atoms with Gasteiger partial charge in [-0.1, -0.05) is 0 Å². The molecule has 0 radical (unpaired) electrons. The molecule has 2 N–H and O–H groups in total. The molecule has 88 valence electrons. The van der Waals surface area contributed by atoms with Gasteiger partial charge in [0.05, 0.1) is 6.54 Å². The van der Waals surface area contributed by atoms with Gasteiger partial charge >= 0.3 is 6.09 Å². The second kappa shape index (κ2) is 4.83. The molecule has 0 aliphatic carbocycles. The maximum Gasteiger partial charge on any atom is 0.407 e. The number of carbonyl (C=O) groups is 2. The highest BCUT2D eigenvalue weighted by atomic mass is 16.6. The monoisotopic (exact) mass is 224 g/mol. The first-order valence-corrected chi connectivity index (χ1v) is 5.00. The third-order valence-electron chi connectivity index (χ3n) is 1.80. The Labute approximate surface area is 94.2 Å². The van der Waals surface area contributed by atoms with Crippen LogP contribution in [0.1, 0.15) is 36.8 Å². The lowest BCUT2D eigenvalue weighted by molar-refractivity contribution is 0.0522. The number of H-pyrrole nitrogens is 1. The van der Waals surface area contributed by atoms with Gasteiger partial charge in [-0.15, -0.1) is 0 Å². The zero-order valence-corrected chi connectivity index (χ0v) is 9.66. The van der Waals surface area contributed by atoms with Gasteiger partial charge in [0.2, 0.25) is 0 Å². The van der Waals surface area contributed by atoms with E-state index in [9.17, 15) is 9.59 Å². The molecule has 1 heterocycles. The molecule has 0 atom stereocenters. The van der Waals surface area contributed by atoms with E-state index in [1.54, 1.807) is 33.0 Å². The first-order valence-electron chi connectivity index (χ1n) is 5.00. The number of aldehydes is 1. The quantitative estimate of drug-likeness (QED) is 0.770. The number of aromatic amines is 1. The summed E-state index contributed by atoms with van der Waals surface area (Å²) >= 11 is 0. The minimum atomic E-state index is -0.521. The smallest absolute Gasteiger partial charge is 0.407 e. The van der Waals surface area contributed by atoms with Crippen molar-refractivity contribution in [2.75, 3.05) is 0 Å². The average molecular weight is 224 g/mol. The minimum absolute atomic E-state index is 0.246. The topological polar surface area (TPSA) is 71.2 Å². The summed E-state index contributed by atoms with van der Waals surface area (Å²) in [6.07, 6.45) is 1.89. The molecule has 1 aromatic heterocycles. The largest absolute Gasteiger partial charge is 0.444 e. The van der Waals surface area contributed by atoms with Crippen LogP contribution in [-0.4, -0.2) is 23.0 Å². The maximum atomic E-state index is 11.3. The number of rotatable bonds is 3. The Morgan fingerprint density at radius 2 is 2.25 bits per heavy atom. The number of alkyl carbamates (subject to hydrolysis) is 1. The molecule has 0 fully saturated rings. The van der Waals surface area contributed by atoms with Crippen molar-refractivity contribution in [1.29, 1.82) is 0 Å². The molecule has 0 saturated carbocycles. The molecule has 0 bridgehead atoms. The summed E-state index contributed by atoms with van der Waals surface area (Å²) in [5, 5.41) is 2.57. The normalized spacial score (nSPS) is 10.9. The Morgan fingerprint density at radius 1 is 1.56 bits per heavy atom. The summed E-state index contributed by atoms with van der Waals surface area (Å²) in [5.41, 5.74) is 0.685. The summed E-state index contributed by atoms with van der Waals surface area (Å²) in [4.78, 5) is 24.8. The van der Waals surface area contributed by atoms with Crippen molar-refractivity contribution in [3.05, 3.63) is 23.5 Å². The maximum absolute atomic E-state index is 11.3. The van der Waals surface area contributed by atoms with Crippen molar-refractivity contribution < 1.29 is 14.3 Å². The summed E-state index contributed by atoms with van der Waals surface area (Å²) in [6, 6.07) is 1.65. The summed E-state index contributed by atoms with van der Waals surface area (Å²) in [7, 11) is 0. The third-order valence-corrected chi connectivity index (χ3v) is 1.80. The summed E-state index contributed by atoms with van der Waals surface area (Å²) < 4.78 is 5.06. The molecule has 1 amide bonds. The van der Waals surface area contributed by atoms with Gasteiger partial charge in [0, 0.05) is 17.5 Å². The van der Waals surface area contributed by atoms with Gasteiger partial charge in [-0.2, -0.15) is 0 Å². The summed E-state index contributed by atoms with van der Waals surface area (Å²) in [6.45, 7) is 5.62. The molecule has 0 aliphatic rings. The van der Waals surface area contributed by atoms with Crippen LogP contribution in [-0.2, 0) is 11.3 Å². The Balaban J connectivity index is 2.46. The van der Waals surface area contributed by atoms with E-state index in [2.05, 4.69) is 10.3 Å². The van der Waals surface area contributed by atoms with Crippen molar-refractivity contribution >= 4 is 12.4 Å². The molecule has 0 aliphatic heterocycles. The molecule has 0 unspecified atom stereocenters. The van der Waals surface area contributed by atoms with Crippen LogP contribution in [0.5, 0.6) is 0 Å². The zero-order chi connectivity index (χ0) is 12.2. The molecule has 0 aromatic carbocycles. The highest BCUT2D eigenvalue weighted by molar-refractivity contribution is 5.77. The molecule has 16 heavy (non-hydrogen) atoms. The lowest BCUT2D eigenvalue weighted by Crippen LogP contribution is -2.32. The standard InChI is InChI=1S/C11H16N2O3/c1-11(2,3)16-10(15)13-6-9-8(7-14)4-5-12-9/h4-5,7,12H,6H2,1-3H3,(H,13,15). The van der Waals surface area contributed by atoms with Crippen LogP contribution in [0, 0.1) is 0 Å². The second-order valence-electron chi connectivity index (χ2n) is 4.38. The van der Waals surface area contributed by atoms with Crippen LogP contribution in [0.3, 0.4) is 0 Å². The highest BCUT2D eigenvalue weighted by Gasteiger charge is 2.16. The van der Waals surface area contributed by atoms with Crippen molar-refractivity contribution in [1.82, 2.24) is 10.3 Å². The first-order chi connectivity index (χ1) is 7.42. The van der Waals surface area contributed by atoms with Crippen LogP contribution >= 0.6 is 0 Å².